The van der Waals surface area contributed by atoms with Crippen molar-refractivity contribution in [2.45, 2.75) is 53.6 Å². The summed E-state index contributed by atoms with van der Waals surface area (Å²) in [7, 11) is 1.92. The van der Waals surface area contributed by atoms with Gasteiger partial charge in [-0.15, -0.1) is 0 Å². The maximum Gasteiger partial charge on any atom is 0.254 e. The van der Waals surface area contributed by atoms with Gasteiger partial charge >= 0.3 is 0 Å². The number of hydrogen-bond donors (Lipinski definition) is 0. The van der Waals surface area contributed by atoms with Gasteiger partial charge in [-0.25, -0.2) is 9.83 Å². The SMILES string of the molecule is [C-]#[N+]c1cnc([C@H](C)N2CCc3c(cc(Cn4cc(C)nc4C)cc3-c3cn(C)nc3C)C2=O)cc1OCC. The molecule has 39 heavy (non-hydrogen) atoms. The zero-order valence-corrected chi connectivity index (χ0v) is 23.3. The Hall–Kier alpha value is -4.45. The normalized spacial score (nSPS) is 13.8. The van der Waals surface area contributed by atoms with Crippen molar-refractivity contribution in [3.8, 4) is 16.9 Å². The molecule has 4 heterocycles. The van der Waals surface area contributed by atoms with Crippen molar-refractivity contribution in [1.82, 2.24) is 29.2 Å². The Morgan fingerprint density at radius 3 is 2.54 bits per heavy atom. The molecule has 0 saturated heterocycles. The van der Waals surface area contributed by atoms with Crippen LogP contribution in [0.4, 0.5) is 5.69 Å². The van der Waals surface area contributed by atoms with Crippen LogP contribution in [-0.4, -0.2) is 48.3 Å². The predicted molar refractivity (Wildman–Crippen MR) is 149 cm³/mol. The van der Waals surface area contributed by atoms with Gasteiger partial charge in [0.2, 0.25) is 5.69 Å². The van der Waals surface area contributed by atoms with Crippen LogP contribution >= 0.6 is 0 Å². The number of pyridine rings is 1. The summed E-state index contributed by atoms with van der Waals surface area (Å²) in [6.07, 6.45) is 6.31. The molecule has 0 spiro atoms. The molecule has 0 fully saturated rings. The first-order chi connectivity index (χ1) is 18.7. The largest absolute Gasteiger partial charge is 0.505 e. The quantitative estimate of drug-likeness (QED) is 0.305. The molecule has 0 radical (unpaired) electrons. The number of hydrogen-bond acceptors (Lipinski definition) is 5. The summed E-state index contributed by atoms with van der Waals surface area (Å²) < 4.78 is 9.61. The van der Waals surface area contributed by atoms with E-state index in [0.29, 0.717) is 42.4 Å². The minimum absolute atomic E-state index is 0.0269. The van der Waals surface area contributed by atoms with Crippen LogP contribution in [-0.2, 0) is 20.0 Å². The lowest BCUT2D eigenvalue weighted by Crippen LogP contribution is -2.40. The van der Waals surface area contributed by atoms with Gasteiger partial charge in [0, 0.05) is 49.9 Å². The summed E-state index contributed by atoms with van der Waals surface area (Å²) in [6.45, 7) is 18.9. The molecule has 1 amide bonds. The standard InChI is InChI=1S/C30H33N7O2/c1-8-39-29-13-27(32-14-28(29)31-6)20(4)37-10-9-23-24(26-17-35(7)34-19(26)3)11-22(12-25(23)30(37)38)16-36-15-18(2)33-21(36)5/h11-15,17,20H,8-10,16H2,1-5,7H3/t20-/m0/s1. The number of benzene rings is 1. The van der Waals surface area contributed by atoms with Gasteiger partial charge in [0.25, 0.3) is 5.91 Å². The monoisotopic (exact) mass is 523 g/mol. The summed E-state index contributed by atoms with van der Waals surface area (Å²) in [6, 6.07) is 5.73. The van der Waals surface area contributed by atoms with E-state index in [-0.39, 0.29) is 11.9 Å². The summed E-state index contributed by atoms with van der Waals surface area (Å²) in [4.78, 5) is 28.5. The molecule has 1 aliphatic rings. The lowest BCUT2D eigenvalue weighted by Gasteiger charge is -2.34. The number of carbonyl (C=O) groups is 1. The molecule has 3 aromatic heterocycles. The highest BCUT2D eigenvalue weighted by Gasteiger charge is 2.32. The van der Waals surface area contributed by atoms with Crippen molar-refractivity contribution < 1.29 is 9.53 Å². The first-order valence-corrected chi connectivity index (χ1v) is 13.2. The molecule has 0 unspecified atom stereocenters. The van der Waals surface area contributed by atoms with Crippen LogP contribution in [0, 0.1) is 27.3 Å². The van der Waals surface area contributed by atoms with Crippen LogP contribution in [0.1, 0.15) is 64.3 Å². The number of amides is 1. The van der Waals surface area contributed by atoms with Gasteiger partial charge < -0.3 is 14.2 Å². The Balaban J connectivity index is 1.56. The van der Waals surface area contributed by atoms with Crippen LogP contribution in [0.3, 0.4) is 0 Å². The molecule has 1 aliphatic heterocycles. The molecule has 9 nitrogen and oxygen atoms in total. The maximum absolute atomic E-state index is 14.1. The lowest BCUT2D eigenvalue weighted by atomic mass is 9.87. The van der Waals surface area contributed by atoms with Gasteiger partial charge in [-0.1, -0.05) is 0 Å². The number of aromatic nitrogens is 5. The Morgan fingerprint density at radius 2 is 1.90 bits per heavy atom. The van der Waals surface area contributed by atoms with Crippen LogP contribution < -0.4 is 4.74 Å². The minimum atomic E-state index is -0.282. The smallest absolute Gasteiger partial charge is 0.254 e. The second-order valence-electron chi connectivity index (χ2n) is 10.1. The molecular weight excluding hydrogens is 490 g/mol. The van der Waals surface area contributed by atoms with Crippen LogP contribution in [0.25, 0.3) is 16.0 Å². The fraction of sp³-hybridized carbons (Fsp3) is 0.367. The number of ether oxygens (including phenoxy) is 1. The first-order valence-electron chi connectivity index (χ1n) is 13.2. The highest BCUT2D eigenvalue weighted by atomic mass is 16.5. The zero-order chi connectivity index (χ0) is 27.8. The van der Waals surface area contributed by atoms with E-state index >= 15 is 0 Å². The van der Waals surface area contributed by atoms with E-state index < -0.39 is 0 Å². The summed E-state index contributed by atoms with van der Waals surface area (Å²) in [5.74, 6) is 1.41. The molecule has 9 heteroatoms. The molecule has 4 aromatic rings. The van der Waals surface area contributed by atoms with Crippen LogP contribution in [0.2, 0.25) is 0 Å². The Kier molecular flexibility index (Phi) is 6.96. The lowest BCUT2D eigenvalue weighted by molar-refractivity contribution is 0.0669. The average Bonchev–Trinajstić information content (AvgIpc) is 3.41. The fourth-order valence-electron chi connectivity index (χ4n) is 5.46. The van der Waals surface area contributed by atoms with E-state index in [2.05, 4.69) is 30.5 Å². The Bertz CT molecular complexity index is 1610. The number of imidazole rings is 1. The number of fused-ring (bicyclic) bond motifs is 1. The Labute approximate surface area is 228 Å². The molecule has 0 aliphatic carbocycles. The van der Waals surface area contributed by atoms with E-state index in [4.69, 9.17) is 11.3 Å². The van der Waals surface area contributed by atoms with Crippen molar-refractivity contribution in [3.63, 3.8) is 0 Å². The minimum Gasteiger partial charge on any atom is -0.505 e. The van der Waals surface area contributed by atoms with Crippen LogP contribution in [0.15, 0.2) is 36.8 Å². The summed E-state index contributed by atoms with van der Waals surface area (Å²) in [5.41, 5.74) is 7.86. The van der Waals surface area contributed by atoms with E-state index in [1.54, 1.807) is 6.07 Å². The van der Waals surface area contributed by atoms with Gasteiger partial charge in [0.05, 0.1) is 36.3 Å². The second kappa shape index (κ2) is 10.4. The third kappa shape index (κ3) is 4.90. The first kappa shape index (κ1) is 26.2. The molecule has 0 N–H and O–H groups in total. The van der Waals surface area contributed by atoms with Crippen molar-refractivity contribution in [2.24, 2.45) is 7.05 Å². The molecule has 0 bridgehead atoms. The average molecular weight is 524 g/mol. The highest BCUT2D eigenvalue weighted by Crippen LogP contribution is 2.37. The number of carbonyl (C=O) groups excluding carboxylic acids is 1. The van der Waals surface area contributed by atoms with Gasteiger partial charge in [-0.2, -0.15) is 5.10 Å². The number of rotatable bonds is 7. The third-order valence-electron chi connectivity index (χ3n) is 7.34. The van der Waals surface area contributed by atoms with E-state index in [1.807, 2.05) is 69.7 Å². The number of nitrogens with zero attached hydrogens (tertiary/aromatic N) is 7. The van der Waals surface area contributed by atoms with Crippen molar-refractivity contribution >= 4 is 11.6 Å². The molecule has 0 saturated carbocycles. The van der Waals surface area contributed by atoms with Gasteiger partial charge in [0.15, 0.2) is 0 Å². The van der Waals surface area contributed by atoms with E-state index in [0.717, 1.165) is 45.9 Å². The van der Waals surface area contributed by atoms with E-state index in [9.17, 15) is 4.79 Å². The highest BCUT2D eigenvalue weighted by molar-refractivity contribution is 5.99. The third-order valence-corrected chi connectivity index (χ3v) is 7.34. The Morgan fingerprint density at radius 1 is 1.13 bits per heavy atom. The van der Waals surface area contributed by atoms with Crippen molar-refractivity contribution in [2.75, 3.05) is 13.2 Å². The van der Waals surface area contributed by atoms with Crippen molar-refractivity contribution in [1.29, 1.82) is 0 Å². The number of aryl methyl sites for hydroxylation is 4. The second-order valence-corrected chi connectivity index (χ2v) is 10.1. The summed E-state index contributed by atoms with van der Waals surface area (Å²) in [5, 5.41) is 4.57. The van der Waals surface area contributed by atoms with E-state index in [1.165, 1.54) is 6.20 Å². The van der Waals surface area contributed by atoms with Crippen molar-refractivity contribution in [3.05, 3.63) is 87.8 Å². The van der Waals surface area contributed by atoms with Gasteiger partial charge in [-0.3, -0.25) is 14.5 Å². The topological polar surface area (TPSA) is 82.4 Å². The molecule has 1 aromatic carbocycles. The predicted octanol–water partition coefficient (Wildman–Crippen LogP) is 5.36. The molecule has 200 valence electrons. The van der Waals surface area contributed by atoms with Gasteiger partial charge in [-0.05, 0) is 75.9 Å². The maximum atomic E-state index is 14.1. The zero-order valence-electron chi connectivity index (χ0n) is 23.3. The molecule has 1 atom stereocenters. The van der Waals surface area contributed by atoms with Crippen LogP contribution in [0.5, 0.6) is 5.75 Å². The fourth-order valence-corrected chi connectivity index (χ4v) is 5.46. The summed E-state index contributed by atoms with van der Waals surface area (Å²) >= 11 is 0. The molecule has 5 rings (SSSR count). The van der Waals surface area contributed by atoms with Gasteiger partial charge in [0.1, 0.15) is 11.6 Å². The molecular formula is C30H33N7O2.